The van der Waals surface area contributed by atoms with Gasteiger partial charge in [0.1, 0.15) is 0 Å². The van der Waals surface area contributed by atoms with Gasteiger partial charge in [-0.05, 0) is 45.0 Å². The van der Waals surface area contributed by atoms with Crippen molar-refractivity contribution in [2.24, 2.45) is 5.92 Å². The summed E-state index contributed by atoms with van der Waals surface area (Å²) in [6.07, 6.45) is 7.16. The van der Waals surface area contributed by atoms with Gasteiger partial charge in [-0.15, -0.1) is 0 Å². The first-order chi connectivity index (χ1) is 9.16. The largest absolute Gasteiger partial charge is 0.338 e. The van der Waals surface area contributed by atoms with E-state index in [1.54, 1.807) is 0 Å². The Kier molecular flexibility index (Phi) is 6.02. The monoisotopic (exact) mass is 284 g/mol. The van der Waals surface area contributed by atoms with E-state index < -0.39 is 0 Å². The fraction of sp³-hybridized carbons (Fsp3) is 0.933. The van der Waals surface area contributed by atoms with E-state index >= 15 is 0 Å². The van der Waals surface area contributed by atoms with Gasteiger partial charge in [-0.2, -0.15) is 11.8 Å². The first-order valence-corrected chi connectivity index (χ1v) is 8.84. The minimum Gasteiger partial charge on any atom is -0.338 e. The zero-order valence-electron chi connectivity index (χ0n) is 12.4. The summed E-state index contributed by atoms with van der Waals surface area (Å²) in [7, 11) is 4.21. The average molecular weight is 284 g/mol. The smallest absolute Gasteiger partial charge is 0.223 e. The zero-order valence-corrected chi connectivity index (χ0v) is 13.3. The molecule has 2 fully saturated rings. The molecular weight excluding hydrogens is 256 g/mol. The van der Waals surface area contributed by atoms with E-state index in [2.05, 4.69) is 23.9 Å². The molecule has 1 aliphatic heterocycles. The van der Waals surface area contributed by atoms with Crippen LogP contribution in [0.3, 0.4) is 0 Å². The number of rotatable bonds is 4. The van der Waals surface area contributed by atoms with Crippen LogP contribution in [0.1, 0.15) is 38.5 Å². The van der Waals surface area contributed by atoms with Gasteiger partial charge in [0.15, 0.2) is 0 Å². The summed E-state index contributed by atoms with van der Waals surface area (Å²) < 4.78 is 0. The van der Waals surface area contributed by atoms with Crippen molar-refractivity contribution in [3.8, 4) is 0 Å². The lowest BCUT2D eigenvalue weighted by Gasteiger charge is -2.32. The maximum Gasteiger partial charge on any atom is 0.223 e. The van der Waals surface area contributed by atoms with Crippen molar-refractivity contribution in [2.75, 3.05) is 38.7 Å². The van der Waals surface area contributed by atoms with Crippen LogP contribution >= 0.6 is 11.8 Å². The maximum atomic E-state index is 12.6. The van der Waals surface area contributed by atoms with Crippen LogP contribution in [0.2, 0.25) is 0 Å². The number of carbonyl (C=O) groups is 1. The second kappa shape index (κ2) is 7.53. The van der Waals surface area contributed by atoms with Crippen molar-refractivity contribution in [2.45, 2.75) is 44.6 Å². The molecule has 1 heterocycles. The summed E-state index contributed by atoms with van der Waals surface area (Å²) in [6, 6.07) is 0.413. The highest BCUT2D eigenvalue weighted by atomic mass is 32.2. The molecule has 1 aliphatic carbocycles. The van der Waals surface area contributed by atoms with E-state index in [9.17, 15) is 4.79 Å². The van der Waals surface area contributed by atoms with Crippen molar-refractivity contribution in [3.63, 3.8) is 0 Å². The SMILES string of the molecule is CN(C)CC1CSCCCN1C(=O)CC1CCCC1. The highest BCUT2D eigenvalue weighted by molar-refractivity contribution is 7.99. The van der Waals surface area contributed by atoms with Crippen LogP contribution in [0.5, 0.6) is 0 Å². The van der Waals surface area contributed by atoms with Crippen LogP contribution in [0.4, 0.5) is 0 Å². The minimum atomic E-state index is 0.413. The molecule has 2 rings (SSSR count). The highest BCUT2D eigenvalue weighted by Gasteiger charge is 2.28. The van der Waals surface area contributed by atoms with Gasteiger partial charge in [-0.25, -0.2) is 0 Å². The molecule has 1 saturated heterocycles. The lowest BCUT2D eigenvalue weighted by molar-refractivity contribution is -0.134. The third kappa shape index (κ3) is 4.67. The number of amides is 1. The molecule has 0 aromatic heterocycles. The molecule has 1 unspecified atom stereocenters. The van der Waals surface area contributed by atoms with Gasteiger partial charge >= 0.3 is 0 Å². The van der Waals surface area contributed by atoms with E-state index in [0.717, 1.165) is 31.7 Å². The fourth-order valence-corrected chi connectivity index (χ4v) is 4.37. The molecule has 1 atom stereocenters. The molecule has 0 spiro atoms. The lowest BCUT2D eigenvalue weighted by atomic mass is 10.0. The summed E-state index contributed by atoms with van der Waals surface area (Å²) in [4.78, 5) is 17.0. The average Bonchev–Trinajstić information content (AvgIpc) is 2.74. The van der Waals surface area contributed by atoms with E-state index in [0.29, 0.717) is 17.9 Å². The molecule has 0 N–H and O–H groups in total. The molecule has 3 nitrogen and oxygen atoms in total. The van der Waals surface area contributed by atoms with E-state index in [1.807, 2.05) is 11.8 Å². The molecule has 1 saturated carbocycles. The second-order valence-corrected chi connectivity index (χ2v) is 7.44. The van der Waals surface area contributed by atoms with Gasteiger partial charge in [-0.3, -0.25) is 4.79 Å². The standard InChI is InChI=1S/C15H28N2OS/c1-16(2)11-14-12-19-9-5-8-17(14)15(18)10-13-6-3-4-7-13/h13-14H,3-12H2,1-2H3. The molecule has 2 aliphatic rings. The first-order valence-electron chi connectivity index (χ1n) is 7.68. The van der Waals surface area contributed by atoms with Crippen LogP contribution in [-0.2, 0) is 4.79 Å². The minimum absolute atomic E-state index is 0.413. The summed E-state index contributed by atoms with van der Waals surface area (Å²) in [5.41, 5.74) is 0. The second-order valence-electron chi connectivity index (χ2n) is 6.29. The third-order valence-corrected chi connectivity index (χ3v) is 5.47. The number of hydrogen-bond donors (Lipinski definition) is 0. The van der Waals surface area contributed by atoms with Gasteiger partial charge in [0.05, 0.1) is 6.04 Å². The van der Waals surface area contributed by atoms with Crippen molar-refractivity contribution in [1.82, 2.24) is 9.80 Å². The van der Waals surface area contributed by atoms with E-state index in [-0.39, 0.29) is 0 Å². The summed E-state index contributed by atoms with van der Waals surface area (Å²) in [5.74, 6) is 3.40. The molecule has 4 heteroatoms. The Morgan fingerprint density at radius 2 is 2.00 bits per heavy atom. The van der Waals surface area contributed by atoms with Crippen LogP contribution in [0.25, 0.3) is 0 Å². The zero-order chi connectivity index (χ0) is 13.7. The van der Waals surface area contributed by atoms with Crippen LogP contribution in [0.15, 0.2) is 0 Å². The van der Waals surface area contributed by atoms with Crippen LogP contribution < -0.4 is 0 Å². The normalized spacial score (nSPS) is 25.8. The molecule has 0 radical (unpaired) electrons. The predicted octanol–water partition coefficient (Wildman–Crippen LogP) is 2.46. The Morgan fingerprint density at radius 1 is 1.26 bits per heavy atom. The Hall–Kier alpha value is -0.220. The summed E-state index contributed by atoms with van der Waals surface area (Å²) >= 11 is 2.01. The van der Waals surface area contributed by atoms with Gasteiger partial charge in [0.2, 0.25) is 5.91 Å². The predicted molar refractivity (Wildman–Crippen MR) is 82.6 cm³/mol. The topological polar surface area (TPSA) is 23.6 Å². The highest BCUT2D eigenvalue weighted by Crippen LogP contribution is 2.29. The number of hydrogen-bond acceptors (Lipinski definition) is 3. The molecule has 0 aromatic rings. The van der Waals surface area contributed by atoms with Crippen molar-refractivity contribution in [3.05, 3.63) is 0 Å². The molecule has 0 bridgehead atoms. The van der Waals surface area contributed by atoms with Crippen molar-refractivity contribution < 1.29 is 4.79 Å². The quantitative estimate of drug-likeness (QED) is 0.792. The molecule has 110 valence electrons. The molecule has 1 amide bonds. The Bertz CT molecular complexity index is 290. The Labute approximate surface area is 122 Å². The molecule has 0 aromatic carbocycles. The number of likely N-dealkylation sites (N-methyl/N-ethyl adjacent to an activating group) is 1. The molecule has 19 heavy (non-hydrogen) atoms. The summed E-state index contributed by atoms with van der Waals surface area (Å²) in [5, 5.41) is 0. The Morgan fingerprint density at radius 3 is 2.68 bits per heavy atom. The fourth-order valence-electron chi connectivity index (χ4n) is 3.31. The number of thioether (sulfide) groups is 1. The van der Waals surface area contributed by atoms with Gasteiger partial charge in [0, 0.05) is 25.3 Å². The lowest BCUT2D eigenvalue weighted by Crippen LogP contribution is -2.47. The number of nitrogens with zero attached hydrogens (tertiary/aromatic N) is 2. The van der Waals surface area contributed by atoms with Gasteiger partial charge in [0.25, 0.3) is 0 Å². The van der Waals surface area contributed by atoms with E-state index in [1.165, 1.54) is 31.4 Å². The maximum absolute atomic E-state index is 12.6. The van der Waals surface area contributed by atoms with Crippen LogP contribution in [-0.4, -0.2) is 60.4 Å². The van der Waals surface area contributed by atoms with Gasteiger partial charge in [-0.1, -0.05) is 12.8 Å². The van der Waals surface area contributed by atoms with E-state index in [4.69, 9.17) is 0 Å². The summed E-state index contributed by atoms with van der Waals surface area (Å²) in [6.45, 7) is 1.97. The number of carbonyl (C=O) groups excluding carboxylic acids is 1. The Balaban J connectivity index is 1.93. The first kappa shape index (κ1) is 15.2. The van der Waals surface area contributed by atoms with Gasteiger partial charge < -0.3 is 9.80 Å². The third-order valence-electron chi connectivity index (χ3n) is 4.27. The van der Waals surface area contributed by atoms with Crippen LogP contribution in [0, 0.1) is 5.92 Å². The van der Waals surface area contributed by atoms with Crippen molar-refractivity contribution >= 4 is 17.7 Å². The molecular formula is C15H28N2OS. The van der Waals surface area contributed by atoms with Crippen molar-refractivity contribution in [1.29, 1.82) is 0 Å².